The van der Waals surface area contributed by atoms with Crippen LogP contribution in [-0.2, 0) is 32.2 Å². The highest BCUT2D eigenvalue weighted by Gasteiger charge is 2.38. The minimum Gasteiger partial charge on any atom is -0.392 e. The van der Waals surface area contributed by atoms with E-state index in [2.05, 4.69) is 33.2 Å². The molecule has 0 unspecified atom stereocenters. The Balaban J connectivity index is 1.31. The van der Waals surface area contributed by atoms with Gasteiger partial charge in [0.25, 0.3) is 0 Å². The zero-order chi connectivity index (χ0) is 30.2. The minimum absolute atomic E-state index is 0.0149. The van der Waals surface area contributed by atoms with Crippen LogP contribution in [0.5, 0.6) is 0 Å². The normalized spacial score (nSPS) is 20.2. The Morgan fingerprint density at radius 2 is 1.77 bits per heavy atom. The van der Waals surface area contributed by atoms with E-state index >= 15 is 0 Å². The Hall–Kier alpha value is -4.05. The fourth-order valence-electron chi connectivity index (χ4n) is 5.52. The van der Waals surface area contributed by atoms with Crippen LogP contribution in [0.1, 0.15) is 68.6 Å². The second-order valence-corrected chi connectivity index (χ2v) is 11.2. The average molecular weight is 585 g/mol. The van der Waals surface area contributed by atoms with Crippen molar-refractivity contribution in [1.29, 1.82) is 0 Å². The zero-order valence-corrected chi connectivity index (χ0v) is 24.7. The van der Waals surface area contributed by atoms with Crippen molar-refractivity contribution in [1.82, 2.24) is 14.9 Å². The van der Waals surface area contributed by atoms with E-state index in [0.717, 1.165) is 47.0 Å². The number of aliphatic hydroxyl groups excluding tert-OH is 1. The van der Waals surface area contributed by atoms with E-state index < -0.39 is 6.29 Å². The molecule has 3 N–H and O–H groups in total. The molecule has 2 amide bonds. The van der Waals surface area contributed by atoms with Gasteiger partial charge in [-0.15, -0.1) is 0 Å². The number of para-hydroxylation sites is 2. The molecule has 4 atom stereocenters. The molecule has 0 spiro atoms. The number of nitrogens with zero attached hydrogens (tertiary/aromatic N) is 2. The number of unbranched alkanes of at least 4 members (excludes halogenated alkanes) is 2. The van der Waals surface area contributed by atoms with Crippen molar-refractivity contribution in [3.8, 4) is 0 Å². The van der Waals surface area contributed by atoms with E-state index in [9.17, 15) is 14.7 Å². The van der Waals surface area contributed by atoms with Gasteiger partial charge in [-0.25, -0.2) is 4.98 Å². The molecule has 0 saturated carbocycles. The van der Waals surface area contributed by atoms with Gasteiger partial charge in [0.15, 0.2) is 6.29 Å². The number of rotatable bonds is 12. The summed E-state index contributed by atoms with van der Waals surface area (Å²) in [5, 5.41) is 15.3. The smallest absolute Gasteiger partial charge is 0.224 e. The van der Waals surface area contributed by atoms with Crippen molar-refractivity contribution < 1.29 is 24.2 Å². The highest BCUT2D eigenvalue weighted by molar-refractivity contribution is 5.90. The lowest BCUT2D eigenvalue weighted by atomic mass is 9.90. The molecule has 1 aliphatic heterocycles. The summed E-state index contributed by atoms with van der Waals surface area (Å²) in [6.07, 6.45) is 3.64. The predicted octanol–water partition coefficient (Wildman–Crippen LogP) is 5.66. The van der Waals surface area contributed by atoms with E-state index in [-0.39, 0.29) is 36.5 Å². The monoisotopic (exact) mass is 584 g/mol. The molecule has 1 saturated heterocycles. The first-order valence-corrected chi connectivity index (χ1v) is 15.0. The van der Waals surface area contributed by atoms with Gasteiger partial charge in [0.1, 0.15) is 0 Å². The van der Waals surface area contributed by atoms with Gasteiger partial charge in [0, 0.05) is 37.1 Å². The number of ether oxygens (including phenoxy) is 2. The van der Waals surface area contributed by atoms with Crippen molar-refractivity contribution in [2.75, 3.05) is 11.9 Å². The molecule has 9 nitrogen and oxygen atoms in total. The maximum absolute atomic E-state index is 12.6. The molecule has 43 heavy (non-hydrogen) atoms. The topological polar surface area (TPSA) is 115 Å². The molecule has 5 rings (SSSR count). The summed E-state index contributed by atoms with van der Waals surface area (Å²) in [7, 11) is 0. The summed E-state index contributed by atoms with van der Waals surface area (Å²) < 4.78 is 15.4. The molecule has 0 aliphatic carbocycles. The molecule has 0 bridgehead atoms. The van der Waals surface area contributed by atoms with E-state index in [1.54, 1.807) is 0 Å². The zero-order valence-electron chi connectivity index (χ0n) is 24.7. The standard InChI is InChI=1S/C34H40N4O5/c1-23-31(20-38-22-36-29-11-5-6-12-30(29)38)42-34(43-33(23)26-16-14-25(21-39)15-17-26)27-9-8-10-28(19-27)37-32(41)13-4-3-7-18-35-24(2)40/h5-6,8-12,14-17,19,22-23,31,33-34,39H,3-4,7,13,18,20-21H2,1-2H3,(H,35,40)(H,37,41)/t23-,31+,33+,34+/m1/s1. The van der Waals surface area contributed by atoms with Crippen molar-refractivity contribution in [3.05, 3.63) is 95.8 Å². The molecule has 1 aliphatic rings. The second-order valence-electron chi connectivity index (χ2n) is 11.2. The molecule has 226 valence electrons. The van der Waals surface area contributed by atoms with Gasteiger partial charge in [-0.1, -0.05) is 61.9 Å². The number of nitrogens with one attached hydrogen (secondary N) is 2. The summed E-state index contributed by atoms with van der Waals surface area (Å²) in [6.45, 7) is 4.86. The van der Waals surface area contributed by atoms with Crippen LogP contribution in [-0.4, -0.2) is 39.1 Å². The molecular formula is C34H40N4O5. The molecular weight excluding hydrogens is 544 g/mol. The first kappa shape index (κ1) is 30.4. The number of imidazole rings is 1. The van der Waals surface area contributed by atoms with Crippen molar-refractivity contribution in [2.45, 2.75) is 71.2 Å². The Bertz CT molecular complexity index is 1520. The molecule has 4 aromatic rings. The Kier molecular flexibility index (Phi) is 10.2. The number of amides is 2. The summed E-state index contributed by atoms with van der Waals surface area (Å²) in [4.78, 5) is 28.2. The number of carbonyl (C=O) groups excluding carboxylic acids is 2. The number of fused-ring (bicyclic) bond motifs is 1. The number of aromatic nitrogens is 2. The van der Waals surface area contributed by atoms with Gasteiger partial charge in [0.05, 0.1) is 42.7 Å². The number of hydrogen-bond acceptors (Lipinski definition) is 6. The van der Waals surface area contributed by atoms with Crippen LogP contribution in [0.4, 0.5) is 5.69 Å². The fourth-order valence-corrected chi connectivity index (χ4v) is 5.52. The van der Waals surface area contributed by atoms with Gasteiger partial charge in [-0.05, 0) is 48.2 Å². The van der Waals surface area contributed by atoms with E-state index in [1.807, 2.05) is 73.1 Å². The summed E-state index contributed by atoms with van der Waals surface area (Å²) in [5.41, 5.74) is 5.35. The molecule has 2 heterocycles. The Morgan fingerprint density at radius 3 is 2.56 bits per heavy atom. The molecule has 9 heteroatoms. The van der Waals surface area contributed by atoms with Gasteiger partial charge < -0.3 is 29.8 Å². The van der Waals surface area contributed by atoms with Gasteiger partial charge in [0.2, 0.25) is 11.8 Å². The lowest BCUT2D eigenvalue weighted by molar-refractivity contribution is -0.276. The van der Waals surface area contributed by atoms with Crippen LogP contribution < -0.4 is 10.6 Å². The number of hydrogen-bond donors (Lipinski definition) is 3. The second kappa shape index (κ2) is 14.4. The molecule has 1 fully saturated rings. The number of benzene rings is 3. The highest BCUT2D eigenvalue weighted by Crippen LogP contribution is 2.42. The van der Waals surface area contributed by atoms with Gasteiger partial charge in [-0.2, -0.15) is 0 Å². The van der Waals surface area contributed by atoms with E-state index in [4.69, 9.17) is 9.47 Å². The lowest BCUT2D eigenvalue weighted by Gasteiger charge is -2.41. The third kappa shape index (κ3) is 7.87. The van der Waals surface area contributed by atoms with E-state index in [1.165, 1.54) is 6.92 Å². The van der Waals surface area contributed by atoms with Crippen LogP contribution in [0.3, 0.4) is 0 Å². The first-order valence-electron chi connectivity index (χ1n) is 15.0. The van der Waals surface area contributed by atoms with Crippen molar-refractivity contribution in [3.63, 3.8) is 0 Å². The Morgan fingerprint density at radius 1 is 0.953 bits per heavy atom. The van der Waals surface area contributed by atoms with Crippen LogP contribution in [0, 0.1) is 5.92 Å². The largest absolute Gasteiger partial charge is 0.392 e. The fraction of sp³-hybridized carbons (Fsp3) is 0.382. The van der Waals surface area contributed by atoms with Crippen molar-refractivity contribution in [2.24, 2.45) is 5.92 Å². The third-order valence-corrected chi connectivity index (χ3v) is 7.92. The third-order valence-electron chi connectivity index (χ3n) is 7.92. The van der Waals surface area contributed by atoms with Crippen LogP contribution in [0.25, 0.3) is 11.0 Å². The average Bonchev–Trinajstić information content (AvgIpc) is 3.42. The molecule has 1 aromatic heterocycles. The van der Waals surface area contributed by atoms with Gasteiger partial charge >= 0.3 is 0 Å². The van der Waals surface area contributed by atoms with Gasteiger partial charge in [-0.3, -0.25) is 9.59 Å². The minimum atomic E-state index is -0.649. The quantitative estimate of drug-likeness (QED) is 0.185. The number of aliphatic hydroxyl groups is 1. The van der Waals surface area contributed by atoms with Crippen LogP contribution in [0.15, 0.2) is 79.1 Å². The van der Waals surface area contributed by atoms with Crippen LogP contribution >= 0.6 is 0 Å². The number of anilines is 1. The number of carbonyl (C=O) groups is 2. The predicted molar refractivity (Wildman–Crippen MR) is 165 cm³/mol. The molecule has 3 aromatic carbocycles. The van der Waals surface area contributed by atoms with E-state index in [0.29, 0.717) is 25.2 Å². The summed E-state index contributed by atoms with van der Waals surface area (Å²) in [5.74, 6) is -0.0705. The highest BCUT2D eigenvalue weighted by atomic mass is 16.7. The molecule has 0 radical (unpaired) electrons. The summed E-state index contributed by atoms with van der Waals surface area (Å²) >= 11 is 0. The first-order chi connectivity index (χ1) is 20.9. The SMILES string of the molecule is CC(=O)NCCCCCC(=O)Nc1cccc([C@H]2O[C@@H](Cn3cnc4ccccc43)[C@@H](C)[C@@H](c3ccc(CO)cc3)O2)c1. The summed E-state index contributed by atoms with van der Waals surface area (Å²) in [6, 6.07) is 23.5. The van der Waals surface area contributed by atoms with Crippen LogP contribution in [0.2, 0.25) is 0 Å². The van der Waals surface area contributed by atoms with Crippen molar-refractivity contribution >= 4 is 28.5 Å². The lowest BCUT2D eigenvalue weighted by Crippen LogP contribution is -2.39. The maximum Gasteiger partial charge on any atom is 0.224 e. The Labute approximate surface area is 252 Å². The maximum atomic E-state index is 12.6.